The van der Waals surface area contributed by atoms with Crippen LogP contribution < -0.4 is 0 Å². The van der Waals surface area contributed by atoms with Crippen molar-refractivity contribution in [3.05, 3.63) is 73.5 Å². The Labute approximate surface area is 153 Å². The van der Waals surface area contributed by atoms with Crippen LogP contribution in [0, 0.1) is 0 Å². The van der Waals surface area contributed by atoms with Gasteiger partial charge >= 0.3 is 0 Å². The van der Waals surface area contributed by atoms with Crippen LogP contribution in [0.3, 0.4) is 0 Å². The number of hydrogen-bond acceptors (Lipinski definition) is 6. The Morgan fingerprint density at radius 1 is 0.885 bits per heavy atom. The van der Waals surface area contributed by atoms with Gasteiger partial charge in [-0.1, -0.05) is 6.07 Å². The largest absolute Gasteiger partial charge is 0.464 e. The third-order valence-corrected chi connectivity index (χ3v) is 5.08. The Hall–Kier alpha value is -3.38. The standard InChI is InChI=1S/C20H12N4OS/c1-2-8-22-15(5-1)16-10-17-14(6-9-25-17)19(24-16)18-12-23-20(26-18)13-4-3-7-21-11-13/h1-12H. The summed E-state index contributed by atoms with van der Waals surface area (Å²) in [5.41, 5.74) is 4.22. The highest BCUT2D eigenvalue weighted by Crippen LogP contribution is 2.36. The minimum Gasteiger partial charge on any atom is -0.464 e. The summed E-state index contributed by atoms with van der Waals surface area (Å²) >= 11 is 1.59. The van der Waals surface area contributed by atoms with Crippen LogP contribution in [0.2, 0.25) is 0 Å². The molecule has 0 aliphatic carbocycles. The van der Waals surface area contributed by atoms with Gasteiger partial charge in [0, 0.05) is 41.8 Å². The van der Waals surface area contributed by atoms with E-state index in [1.807, 2.05) is 54.9 Å². The van der Waals surface area contributed by atoms with Crippen LogP contribution in [0.5, 0.6) is 0 Å². The van der Waals surface area contributed by atoms with Gasteiger partial charge in [-0.15, -0.1) is 11.3 Å². The van der Waals surface area contributed by atoms with E-state index >= 15 is 0 Å². The second-order valence-corrected chi connectivity index (χ2v) is 6.71. The Kier molecular flexibility index (Phi) is 3.54. The molecule has 0 atom stereocenters. The molecule has 0 radical (unpaired) electrons. The first kappa shape index (κ1) is 14.9. The smallest absolute Gasteiger partial charge is 0.138 e. The molecule has 5 rings (SSSR count). The number of fused-ring (bicyclic) bond motifs is 1. The number of nitrogens with zero attached hydrogens (tertiary/aromatic N) is 4. The van der Waals surface area contributed by atoms with Gasteiger partial charge in [0.25, 0.3) is 0 Å². The summed E-state index contributed by atoms with van der Waals surface area (Å²) in [6.45, 7) is 0. The van der Waals surface area contributed by atoms with Gasteiger partial charge in [-0.05, 0) is 30.3 Å². The van der Waals surface area contributed by atoms with Crippen molar-refractivity contribution in [1.29, 1.82) is 0 Å². The number of thiazole rings is 1. The van der Waals surface area contributed by atoms with E-state index in [-0.39, 0.29) is 0 Å². The molecule has 0 N–H and O–H groups in total. The van der Waals surface area contributed by atoms with Gasteiger partial charge in [-0.3, -0.25) is 9.97 Å². The van der Waals surface area contributed by atoms with Crippen LogP contribution in [0.15, 0.2) is 77.9 Å². The molecule has 5 nitrogen and oxygen atoms in total. The molecule has 6 heteroatoms. The molecule has 0 spiro atoms. The highest BCUT2D eigenvalue weighted by atomic mass is 32.1. The molecule has 0 unspecified atom stereocenters. The van der Waals surface area contributed by atoms with Crippen LogP contribution in [0.25, 0.3) is 43.5 Å². The minimum atomic E-state index is 0.777. The summed E-state index contributed by atoms with van der Waals surface area (Å²) in [5.74, 6) is 0. The van der Waals surface area contributed by atoms with Crippen LogP contribution in [0.1, 0.15) is 0 Å². The average Bonchev–Trinajstić information content (AvgIpc) is 3.38. The zero-order chi connectivity index (χ0) is 17.3. The van der Waals surface area contributed by atoms with E-state index in [0.717, 1.165) is 43.5 Å². The summed E-state index contributed by atoms with van der Waals surface area (Å²) in [6, 6.07) is 13.5. The topological polar surface area (TPSA) is 64.7 Å². The first-order valence-corrected chi connectivity index (χ1v) is 8.86. The maximum atomic E-state index is 5.64. The summed E-state index contributed by atoms with van der Waals surface area (Å²) in [4.78, 5) is 19.0. The fraction of sp³-hybridized carbons (Fsp3) is 0. The molecule has 5 aromatic heterocycles. The highest BCUT2D eigenvalue weighted by molar-refractivity contribution is 7.18. The summed E-state index contributed by atoms with van der Waals surface area (Å²) in [7, 11) is 0. The van der Waals surface area contributed by atoms with Crippen LogP contribution in [0.4, 0.5) is 0 Å². The van der Waals surface area contributed by atoms with Gasteiger partial charge in [0.05, 0.1) is 28.2 Å². The molecule has 5 heterocycles. The summed E-state index contributed by atoms with van der Waals surface area (Å²) in [6.07, 6.45) is 8.86. The van der Waals surface area contributed by atoms with Crippen molar-refractivity contribution in [3.8, 4) is 32.5 Å². The molecule has 26 heavy (non-hydrogen) atoms. The van der Waals surface area contributed by atoms with E-state index < -0.39 is 0 Å². The van der Waals surface area contributed by atoms with Crippen LogP contribution >= 0.6 is 11.3 Å². The Morgan fingerprint density at radius 2 is 1.88 bits per heavy atom. The van der Waals surface area contributed by atoms with Gasteiger partial charge in [-0.25, -0.2) is 9.97 Å². The zero-order valence-electron chi connectivity index (χ0n) is 13.5. The average molecular weight is 356 g/mol. The fourth-order valence-corrected chi connectivity index (χ4v) is 3.72. The predicted molar refractivity (Wildman–Crippen MR) is 102 cm³/mol. The molecule has 0 aliphatic rings. The van der Waals surface area contributed by atoms with Gasteiger partial charge in [0.1, 0.15) is 10.6 Å². The molecule has 0 saturated carbocycles. The maximum Gasteiger partial charge on any atom is 0.138 e. The SMILES string of the molecule is c1ccc(-c2cc3occc3c(-c3cnc(-c4cccnc4)s3)n2)nc1. The molecular formula is C20H12N4OS. The van der Waals surface area contributed by atoms with Crippen molar-refractivity contribution in [3.63, 3.8) is 0 Å². The van der Waals surface area contributed by atoms with Crippen molar-refractivity contribution < 1.29 is 4.42 Å². The first-order chi connectivity index (χ1) is 12.9. The summed E-state index contributed by atoms with van der Waals surface area (Å²) in [5, 5.41) is 1.88. The van der Waals surface area contributed by atoms with Gasteiger partial charge in [0.15, 0.2) is 0 Å². The third-order valence-electron chi connectivity index (χ3n) is 4.03. The van der Waals surface area contributed by atoms with E-state index in [4.69, 9.17) is 9.40 Å². The second-order valence-electron chi connectivity index (χ2n) is 5.67. The number of rotatable bonds is 3. The Balaban J connectivity index is 1.67. The molecule has 5 aromatic rings. The number of pyridine rings is 3. The van der Waals surface area contributed by atoms with Crippen molar-refractivity contribution in [2.24, 2.45) is 0 Å². The maximum absolute atomic E-state index is 5.64. The highest BCUT2D eigenvalue weighted by Gasteiger charge is 2.15. The summed E-state index contributed by atoms with van der Waals surface area (Å²) < 4.78 is 5.64. The van der Waals surface area contributed by atoms with Crippen LogP contribution in [-0.4, -0.2) is 19.9 Å². The molecule has 0 aliphatic heterocycles. The van der Waals surface area contributed by atoms with Crippen molar-refractivity contribution in [1.82, 2.24) is 19.9 Å². The molecule has 0 amide bonds. The number of hydrogen-bond donors (Lipinski definition) is 0. The van der Waals surface area contributed by atoms with Crippen molar-refractivity contribution in [2.75, 3.05) is 0 Å². The number of aromatic nitrogens is 4. The molecular weight excluding hydrogens is 344 g/mol. The predicted octanol–water partition coefficient (Wildman–Crippen LogP) is 5.08. The van der Waals surface area contributed by atoms with E-state index in [9.17, 15) is 0 Å². The molecule has 0 saturated heterocycles. The van der Waals surface area contributed by atoms with Gasteiger partial charge in [-0.2, -0.15) is 0 Å². The van der Waals surface area contributed by atoms with Gasteiger partial charge in [0.2, 0.25) is 0 Å². The van der Waals surface area contributed by atoms with Crippen molar-refractivity contribution >= 4 is 22.3 Å². The van der Waals surface area contributed by atoms with Crippen LogP contribution in [-0.2, 0) is 0 Å². The third kappa shape index (κ3) is 2.57. The lowest BCUT2D eigenvalue weighted by atomic mass is 10.1. The zero-order valence-corrected chi connectivity index (χ0v) is 14.4. The van der Waals surface area contributed by atoms with E-state index in [0.29, 0.717) is 0 Å². The molecule has 0 fully saturated rings. The van der Waals surface area contributed by atoms with E-state index in [2.05, 4.69) is 15.0 Å². The Bertz CT molecular complexity index is 1180. The van der Waals surface area contributed by atoms with Crippen molar-refractivity contribution in [2.45, 2.75) is 0 Å². The van der Waals surface area contributed by atoms with E-state index in [1.54, 1.807) is 30.0 Å². The number of furan rings is 1. The second kappa shape index (κ2) is 6.16. The lowest BCUT2D eigenvalue weighted by molar-refractivity contribution is 0.616. The molecule has 124 valence electrons. The molecule has 0 bridgehead atoms. The lowest BCUT2D eigenvalue weighted by Gasteiger charge is -2.04. The first-order valence-electron chi connectivity index (χ1n) is 8.05. The minimum absolute atomic E-state index is 0.777. The molecule has 0 aromatic carbocycles. The fourth-order valence-electron chi connectivity index (χ4n) is 2.81. The normalized spacial score (nSPS) is 11.1. The monoisotopic (exact) mass is 356 g/mol. The lowest BCUT2D eigenvalue weighted by Crippen LogP contribution is -1.89. The Morgan fingerprint density at radius 3 is 2.73 bits per heavy atom. The van der Waals surface area contributed by atoms with E-state index in [1.165, 1.54) is 0 Å². The quantitative estimate of drug-likeness (QED) is 0.451. The van der Waals surface area contributed by atoms with Gasteiger partial charge < -0.3 is 4.42 Å².